The molecular formula is C26H34F2O2. The number of allylic oxidation sites excluding steroid dienone is 1. The third-order valence-electron chi connectivity index (χ3n) is 8.25. The number of halogens is 2. The first-order chi connectivity index (χ1) is 14.5. The largest absolute Gasteiger partial charge is 0.423 e. The first-order valence-corrected chi connectivity index (χ1v) is 11.7. The number of aryl methyl sites for hydroxylation is 1. The third-order valence-corrected chi connectivity index (χ3v) is 8.25. The predicted octanol–water partition coefficient (Wildman–Crippen LogP) is 7.00. The van der Waals surface area contributed by atoms with Crippen LogP contribution in [0.3, 0.4) is 0 Å². The van der Waals surface area contributed by atoms with Gasteiger partial charge >= 0.3 is 5.97 Å². The summed E-state index contributed by atoms with van der Waals surface area (Å²) in [5.74, 6) is 1.03. The SMILES string of the molecule is C=CC1CCC2CC(C3CCC(C(=O)Oc4ccc(C)c(F)c4F)CC3)CCC2C1. The van der Waals surface area contributed by atoms with E-state index in [2.05, 4.69) is 12.7 Å². The summed E-state index contributed by atoms with van der Waals surface area (Å²) in [5, 5.41) is 0. The Kier molecular flexibility index (Phi) is 6.60. The van der Waals surface area contributed by atoms with Crippen LogP contribution in [0.15, 0.2) is 24.8 Å². The fourth-order valence-electron chi connectivity index (χ4n) is 6.33. The molecule has 164 valence electrons. The zero-order valence-electron chi connectivity index (χ0n) is 18.0. The zero-order chi connectivity index (χ0) is 21.3. The number of ether oxygens (including phenoxy) is 1. The van der Waals surface area contributed by atoms with E-state index in [4.69, 9.17) is 4.74 Å². The summed E-state index contributed by atoms with van der Waals surface area (Å²) in [6.45, 7) is 5.48. The van der Waals surface area contributed by atoms with Crippen molar-refractivity contribution < 1.29 is 18.3 Å². The second kappa shape index (κ2) is 9.20. The van der Waals surface area contributed by atoms with Gasteiger partial charge in [-0.05, 0) is 112 Å². The van der Waals surface area contributed by atoms with Gasteiger partial charge in [0.2, 0.25) is 5.82 Å². The maximum absolute atomic E-state index is 14.0. The van der Waals surface area contributed by atoms with Crippen molar-refractivity contribution in [3.8, 4) is 5.75 Å². The summed E-state index contributed by atoms with van der Waals surface area (Å²) >= 11 is 0. The summed E-state index contributed by atoms with van der Waals surface area (Å²) in [6.07, 6.45) is 13.8. The number of fused-ring (bicyclic) bond motifs is 1. The highest BCUT2D eigenvalue weighted by molar-refractivity contribution is 5.75. The van der Waals surface area contributed by atoms with Gasteiger partial charge in [-0.15, -0.1) is 6.58 Å². The van der Waals surface area contributed by atoms with E-state index >= 15 is 0 Å². The first kappa shape index (κ1) is 21.5. The molecule has 30 heavy (non-hydrogen) atoms. The number of benzene rings is 1. The molecule has 0 N–H and O–H groups in total. The number of hydrogen-bond acceptors (Lipinski definition) is 2. The van der Waals surface area contributed by atoms with Gasteiger partial charge in [-0.2, -0.15) is 4.39 Å². The predicted molar refractivity (Wildman–Crippen MR) is 114 cm³/mol. The van der Waals surface area contributed by atoms with Crippen molar-refractivity contribution in [3.63, 3.8) is 0 Å². The topological polar surface area (TPSA) is 26.3 Å². The highest BCUT2D eigenvalue weighted by Gasteiger charge is 2.39. The van der Waals surface area contributed by atoms with Crippen molar-refractivity contribution in [2.24, 2.45) is 35.5 Å². The lowest BCUT2D eigenvalue weighted by atomic mass is 9.61. The molecule has 2 nitrogen and oxygen atoms in total. The number of carbonyl (C=O) groups is 1. The summed E-state index contributed by atoms with van der Waals surface area (Å²) in [5.41, 5.74) is 0.209. The molecule has 3 aliphatic carbocycles. The van der Waals surface area contributed by atoms with E-state index in [0.29, 0.717) is 5.92 Å². The fourth-order valence-corrected chi connectivity index (χ4v) is 6.33. The van der Waals surface area contributed by atoms with E-state index in [-0.39, 0.29) is 17.2 Å². The lowest BCUT2D eigenvalue weighted by Gasteiger charge is -2.45. The highest BCUT2D eigenvalue weighted by atomic mass is 19.2. The second-order valence-electron chi connectivity index (χ2n) is 9.94. The van der Waals surface area contributed by atoms with Crippen molar-refractivity contribution in [2.45, 2.75) is 71.1 Å². The molecule has 0 aliphatic heterocycles. The van der Waals surface area contributed by atoms with Crippen molar-refractivity contribution >= 4 is 5.97 Å². The molecule has 0 heterocycles. The minimum atomic E-state index is -1.07. The summed E-state index contributed by atoms with van der Waals surface area (Å²) in [6, 6.07) is 2.79. The molecule has 0 amide bonds. The van der Waals surface area contributed by atoms with Crippen molar-refractivity contribution in [3.05, 3.63) is 42.0 Å². The Morgan fingerprint density at radius 2 is 1.50 bits per heavy atom. The molecular weight excluding hydrogens is 382 g/mol. The smallest absolute Gasteiger partial charge is 0.314 e. The Labute approximate surface area is 179 Å². The van der Waals surface area contributed by atoms with Crippen LogP contribution >= 0.6 is 0 Å². The van der Waals surface area contributed by atoms with E-state index in [1.165, 1.54) is 57.6 Å². The Morgan fingerprint density at radius 1 is 0.900 bits per heavy atom. The van der Waals surface area contributed by atoms with Gasteiger partial charge in [-0.1, -0.05) is 12.1 Å². The van der Waals surface area contributed by atoms with E-state index in [0.717, 1.165) is 49.4 Å². The molecule has 3 aliphatic rings. The summed E-state index contributed by atoms with van der Waals surface area (Å²) in [7, 11) is 0. The van der Waals surface area contributed by atoms with Gasteiger partial charge in [-0.25, -0.2) is 4.39 Å². The normalized spacial score (nSPS) is 34.1. The van der Waals surface area contributed by atoms with E-state index < -0.39 is 17.6 Å². The third kappa shape index (κ3) is 4.48. The average Bonchev–Trinajstić information content (AvgIpc) is 2.78. The highest BCUT2D eigenvalue weighted by Crippen LogP contribution is 2.49. The molecule has 4 atom stereocenters. The number of carbonyl (C=O) groups excluding carboxylic acids is 1. The zero-order valence-corrected chi connectivity index (χ0v) is 18.0. The van der Waals surface area contributed by atoms with Crippen LogP contribution in [-0.4, -0.2) is 5.97 Å². The molecule has 1 aromatic carbocycles. The molecule has 0 spiro atoms. The maximum Gasteiger partial charge on any atom is 0.314 e. The first-order valence-electron chi connectivity index (χ1n) is 11.7. The van der Waals surface area contributed by atoms with Crippen LogP contribution < -0.4 is 4.74 Å². The van der Waals surface area contributed by atoms with Gasteiger partial charge in [0.1, 0.15) is 0 Å². The molecule has 0 bridgehead atoms. The van der Waals surface area contributed by atoms with E-state index in [9.17, 15) is 13.6 Å². The van der Waals surface area contributed by atoms with Crippen molar-refractivity contribution in [1.29, 1.82) is 0 Å². The van der Waals surface area contributed by atoms with E-state index in [1.807, 2.05) is 0 Å². The number of hydrogen-bond donors (Lipinski definition) is 0. The Bertz CT molecular complexity index is 781. The monoisotopic (exact) mass is 416 g/mol. The minimum absolute atomic E-state index is 0.204. The molecule has 0 radical (unpaired) electrons. The Hall–Kier alpha value is -1.71. The maximum atomic E-state index is 14.0. The van der Waals surface area contributed by atoms with Gasteiger partial charge < -0.3 is 4.74 Å². The van der Waals surface area contributed by atoms with Gasteiger partial charge in [0.15, 0.2) is 11.6 Å². The molecule has 1 aromatic rings. The van der Waals surface area contributed by atoms with Gasteiger partial charge in [0.05, 0.1) is 5.92 Å². The lowest BCUT2D eigenvalue weighted by Crippen LogP contribution is -2.35. The standard InChI is InChI=1S/C26H34F2O2/c1-3-17-5-6-22-15-21(12-11-20(22)14-17)18-7-9-19(10-8-18)26(29)30-23-13-4-16(2)24(27)25(23)28/h3-4,13,17-22H,1,5-12,14-15H2,2H3. The van der Waals surface area contributed by atoms with Crippen LogP contribution in [0.25, 0.3) is 0 Å². The molecule has 4 unspecified atom stereocenters. The van der Waals surface area contributed by atoms with Gasteiger partial charge in [0.25, 0.3) is 0 Å². The molecule has 4 heteroatoms. The number of esters is 1. The molecule has 4 rings (SSSR count). The second-order valence-corrected chi connectivity index (χ2v) is 9.94. The van der Waals surface area contributed by atoms with Crippen LogP contribution in [0.5, 0.6) is 5.75 Å². The van der Waals surface area contributed by atoms with Gasteiger partial charge in [-0.3, -0.25) is 4.79 Å². The van der Waals surface area contributed by atoms with Crippen LogP contribution in [0.1, 0.15) is 69.8 Å². The molecule has 0 saturated heterocycles. The lowest BCUT2D eigenvalue weighted by molar-refractivity contribution is -0.140. The minimum Gasteiger partial charge on any atom is -0.423 e. The number of rotatable bonds is 4. The van der Waals surface area contributed by atoms with Crippen LogP contribution in [-0.2, 0) is 4.79 Å². The quantitative estimate of drug-likeness (QED) is 0.300. The van der Waals surface area contributed by atoms with Crippen molar-refractivity contribution in [1.82, 2.24) is 0 Å². The Balaban J connectivity index is 1.28. The molecule has 3 fully saturated rings. The Morgan fingerprint density at radius 3 is 2.20 bits per heavy atom. The average molecular weight is 417 g/mol. The van der Waals surface area contributed by atoms with Crippen molar-refractivity contribution in [2.75, 3.05) is 0 Å². The molecule has 3 saturated carbocycles. The molecule has 0 aromatic heterocycles. The summed E-state index contributed by atoms with van der Waals surface area (Å²) < 4.78 is 33.0. The summed E-state index contributed by atoms with van der Waals surface area (Å²) in [4.78, 5) is 12.5. The fraction of sp³-hybridized carbons (Fsp3) is 0.654. The van der Waals surface area contributed by atoms with Gasteiger partial charge in [0, 0.05) is 0 Å². The van der Waals surface area contributed by atoms with Crippen LogP contribution in [0.4, 0.5) is 8.78 Å². The van der Waals surface area contributed by atoms with E-state index in [1.54, 1.807) is 0 Å². The van der Waals surface area contributed by atoms with Crippen LogP contribution in [0, 0.1) is 54.1 Å². The van der Waals surface area contributed by atoms with Crippen LogP contribution in [0.2, 0.25) is 0 Å².